The van der Waals surface area contributed by atoms with Crippen molar-refractivity contribution in [3.05, 3.63) is 164 Å². The van der Waals surface area contributed by atoms with Gasteiger partial charge in [-0.05, 0) is 44.8 Å². The molecule has 0 fully saturated rings. The van der Waals surface area contributed by atoms with E-state index in [1.807, 2.05) is 18.2 Å². The van der Waals surface area contributed by atoms with Gasteiger partial charge < -0.3 is 4.42 Å². The summed E-state index contributed by atoms with van der Waals surface area (Å²) >= 11 is 0. The molecule has 0 aliphatic heterocycles. The van der Waals surface area contributed by atoms with Crippen LogP contribution in [0, 0.1) is 0 Å². The molecule has 0 bridgehead atoms. The van der Waals surface area contributed by atoms with Crippen molar-refractivity contribution in [3.8, 4) is 45.3 Å². The predicted octanol–water partition coefficient (Wildman–Crippen LogP) is 11.9. The molecule has 0 aliphatic rings. The second-order valence-electron chi connectivity index (χ2n) is 12.4. The Balaban J connectivity index is 1.24. The zero-order valence-corrected chi connectivity index (χ0v) is 26.3. The molecule has 0 spiro atoms. The lowest BCUT2D eigenvalue weighted by Crippen LogP contribution is -2.01. The summed E-state index contributed by atoms with van der Waals surface area (Å²) in [5.74, 6) is 1.87. The van der Waals surface area contributed by atoms with Crippen molar-refractivity contribution >= 4 is 54.3 Å². The summed E-state index contributed by atoms with van der Waals surface area (Å²) in [5.41, 5.74) is 6.86. The van der Waals surface area contributed by atoms with Crippen LogP contribution in [0.3, 0.4) is 0 Å². The van der Waals surface area contributed by atoms with Gasteiger partial charge in [0.05, 0.1) is 0 Å². The van der Waals surface area contributed by atoms with Gasteiger partial charge in [0.2, 0.25) is 0 Å². The van der Waals surface area contributed by atoms with Crippen LogP contribution in [-0.2, 0) is 0 Å². The minimum Gasteiger partial charge on any atom is -0.455 e. The van der Waals surface area contributed by atoms with Gasteiger partial charge in [-0.3, -0.25) is 0 Å². The number of rotatable bonds is 4. The molecule has 0 unspecified atom stereocenters. The van der Waals surface area contributed by atoms with E-state index in [4.69, 9.17) is 19.4 Å². The lowest BCUT2D eigenvalue weighted by atomic mass is 9.93. The van der Waals surface area contributed by atoms with Crippen LogP contribution in [-0.4, -0.2) is 15.0 Å². The molecule has 4 heteroatoms. The lowest BCUT2D eigenvalue weighted by molar-refractivity contribution is 0.673. The Labute approximate surface area is 282 Å². The molecule has 4 nitrogen and oxygen atoms in total. The van der Waals surface area contributed by atoms with E-state index in [0.29, 0.717) is 17.5 Å². The van der Waals surface area contributed by atoms with E-state index >= 15 is 0 Å². The molecular weight excluding hydrogens is 599 g/mol. The van der Waals surface area contributed by atoms with Crippen LogP contribution in [0.4, 0.5) is 0 Å². The Hall–Kier alpha value is -6.65. The fourth-order valence-corrected chi connectivity index (χ4v) is 7.17. The minimum atomic E-state index is 0.617. The average Bonchev–Trinajstić information content (AvgIpc) is 3.58. The Morgan fingerprint density at radius 2 is 0.918 bits per heavy atom. The van der Waals surface area contributed by atoms with E-state index in [1.54, 1.807) is 0 Å². The maximum absolute atomic E-state index is 6.59. The van der Waals surface area contributed by atoms with Crippen molar-refractivity contribution in [2.75, 3.05) is 0 Å². The Kier molecular flexibility index (Phi) is 6.15. The summed E-state index contributed by atoms with van der Waals surface area (Å²) in [6.07, 6.45) is 0. The van der Waals surface area contributed by atoms with Crippen LogP contribution < -0.4 is 0 Å². The largest absolute Gasteiger partial charge is 0.455 e. The summed E-state index contributed by atoms with van der Waals surface area (Å²) in [7, 11) is 0. The molecule has 0 saturated carbocycles. The first-order valence-corrected chi connectivity index (χ1v) is 16.4. The Morgan fingerprint density at radius 1 is 0.347 bits per heavy atom. The first kappa shape index (κ1) is 27.5. The Morgan fingerprint density at radius 3 is 1.73 bits per heavy atom. The third kappa shape index (κ3) is 4.49. The van der Waals surface area contributed by atoms with Gasteiger partial charge in [0.15, 0.2) is 17.5 Å². The SMILES string of the molecule is c1ccc(-c2ccc(-c3nc(-c4ccc5ccccc5c4)nc(-c4cccc5c6oc7ccccc7c6c6ccccc6c45)n3)cc2)cc1. The second-order valence-corrected chi connectivity index (χ2v) is 12.4. The fourth-order valence-electron chi connectivity index (χ4n) is 7.17. The highest BCUT2D eigenvalue weighted by Crippen LogP contribution is 2.43. The van der Waals surface area contributed by atoms with E-state index in [0.717, 1.165) is 71.1 Å². The first-order chi connectivity index (χ1) is 24.3. The summed E-state index contributed by atoms with van der Waals surface area (Å²) in [6, 6.07) is 56.8. The topological polar surface area (TPSA) is 51.8 Å². The smallest absolute Gasteiger partial charge is 0.164 e. The van der Waals surface area contributed by atoms with Crippen molar-refractivity contribution in [2.24, 2.45) is 0 Å². The zero-order valence-electron chi connectivity index (χ0n) is 26.3. The van der Waals surface area contributed by atoms with Gasteiger partial charge in [-0.1, -0.05) is 152 Å². The molecular formula is C45H27N3O. The van der Waals surface area contributed by atoms with Crippen LogP contribution in [0.1, 0.15) is 0 Å². The zero-order chi connectivity index (χ0) is 32.3. The number of nitrogens with zero attached hydrogens (tertiary/aromatic N) is 3. The number of furan rings is 1. The summed E-state index contributed by atoms with van der Waals surface area (Å²) in [4.78, 5) is 15.5. The predicted molar refractivity (Wildman–Crippen MR) is 201 cm³/mol. The first-order valence-electron chi connectivity index (χ1n) is 16.4. The monoisotopic (exact) mass is 625 g/mol. The molecule has 2 aromatic heterocycles. The number of hydrogen-bond donors (Lipinski definition) is 0. The number of fused-ring (bicyclic) bond motifs is 9. The van der Waals surface area contributed by atoms with Crippen LogP contribution in [0.2, 0.25) is 0 Å². The molecule has 10 rings (SSSR count). The van der Waals surface area contributed by atoms with E-state index in [9.17, 15) is 0 Å². The fraction of sp³-hybridized carbons (Fsp3) is 0. The molecule has 0 amide bonds. The van der Waals surface area contributed by atoms with Crippen molar-refractivity contribution in [1.82, 2.24) is 15.0 Å². The number of benzene rings is 8. The van der Waals surface area contributed by atoms with Gasteiger partial charge in [-0.25, -0.2) is 15.0 Å². The summed E-state index contributed by atoms with van der Waals surface area (Å²) < 4.78 is 6.59. The Bertz CT molecular complexity index is 2870. The van der Waals surface area contributed by atoms with Crippen LogP contribution in [0.25, 0.3) is 99.5 Å². The molecule has 0 saturated heterocycles. The third-order valence-corrected chi connectivity index (χ3v) is 9.50. The minimum absolute atomic E-state index is 0.617. The van der Waals surface area contributed by atoms with Gasteiger partial charge >= 0.3 is 0 Å². The normalized spacial score (nSPS) is 11.7. The highest BCUT2D eigenvalue weighted by atomic mass is 16.3. The summed E-state index contributed by atoms with van der Waals surface area (Å²) in [6.45, 7) is 0. The second kappa shape index (κ2) is 11.0. The molecule has 2 heterocycles. The highest BCUT2D eigenvalue weighted by Gasteiger charge is 2.20. The van der Waals surface area contributed by atoms with Gasteiger partial charge in [0.25, 0.3) is 0 Å². The molecule has 49 heavy (non-hydrogen) atoms. The van der Waals surface area contributed by atoms with Crippen molar-refractivity contribution in [3.63, 3.8) is 0 Å². The van der Waals surface area contributed by atoms with Gasteiger partial charge in [-0.15, -0.1) is 0 Å². The van der Waals surface area contributed by atoms with Crippen molar-refractivity contribution < 1.29 is 4.42 Å². The molecule has 0 N–H and O–H groups in total. The summed E-state index contributed by atoms with van der Waals surface area (Å²) in [5, 5.41) is 8.92. The van der Waals surface area contributed by atoms with Gasteiger partial charge in [-0.2, -0.15) is 0 Å². The molecule has 0 radical (unpaired) electrons. The maximum Gasteiger partial charge on any atom is 0.164 e. The van der Waals surface area contributed by atoms with E-state index in [-0.39, 0.29) is 0 Å². The third-order valence-electron chi connectivity index (χ3n) is 9.50. The molecule has 0 atom stereocenters. The van der Waals surface area contributed by atoms with E-state index in [2.05, 4.69) is 146 Å². The van der Waals surface area contributed by atoms with E-state index < -0.39 is 0 Å². The van der Waals surface area contributed by atoms with E-state index in [1.165, 1.54) is 10.9 Å². The average molecular weight is 626 g/mol. The maximum atomic E-state index is 6.59. The van der Waals surface area contributed by atoms with Crippen LogP contribution >= 0.6 is 0 Å². The van der Waals surface area contributed by atoms with Crippen molar-refractivity contribution in [1.29, 1.82) is 0 Å². The standard InChI is InChI=1S/C45H27N3O/c1-2-11-28(12-3-1)30-21-24-31(25-22-30)43-46-44(33-26-23-29-13-4-5-14-32(29)27-33)48-45(47-43)38-19-10-18-37-40(38)34-15-6-7-16-35(34)41-36-17-8-9-20-39(36)49-42(37)41/h1-27H. The molecule has 0 aliphatic carbocycles. The van der Waals surface area contributed by atoms with Gasteiger partial charge in [0.1, 0.15) is 11.2 Å². The highest BCUT2D eigenvalue weighted by molar-refractivity contribution is 6.32. The molecule has 10 aromatic rings. The number of aromatic nitrogens is 3. The quantitative estimate of drug-likeness (QED) is 0.183. The van der Waals surface area contributed by atoms with Crippen molar-refractivity contribution in [2.45, 2.75) is 0 Å². The number of hydrogen-bond acceptors (Lipinski definition) is 4. The van der Waals surface area contributed by atoms with Gasteiger partial charge in [0, 0.05) is 38.2 Å². The van der Waals surface area contributed by atoms with Crippen LogP contribution in [0.15, 0.2) is 168 Å². The number of para-hydroxylation sites is 1. The van der Waals surface area contributed by atoms with Crippen LogP contribution in [0.5, 0.6) is 0 Å². The molecule has 8 aromatic carbocycles. The lowest BCUT2D eigenvalue weighted by Gasteiger charge is -2.13. The molecule has 228 valence electrons.